The van der Waals surface area contributed by atoms with E-state index in [2.05, 4.69) is 0 Å². The molecule has 3 rings (SSSR count). The van der Waals surface area contributed by atoms with Crippen molar-refractivity contribution < 1.29 is 28.5 Å². The third kappa shape index (κ3) is 2.50. The van der Waals surface area contributed by atoms with Gasteiger partial charge < -0.3 is 18.9 Å². The first-order chi connectivity index (χ1) is 12.6. The van der Waals surface area contributed by atoms with E-state index in [1.54, 1.807) is 12.1 Å². The predicted molar refractivity (Wildman–Crippen MR) is 97.2 cm³/mol. The molecule has 0 atom stereocenters. The van der Waals surface area contributed by atoms with Gasteiger partial charge in [0.15, 0.2) is 0 Å². The number of ether oxygens (including phenoxy) is 4. The highest BCUT2D eigenvalue weighted by Crippen LogP contribution is 2.41. The van der Waals surface area contributed by atoms with Gasteiger partial charge in [0, 0.05) is 10.8 Å². The highest BCUT2D eigenvalue weighted by atomic mass is 16.5. The number of methoxy groups -OCH3 is 4. The fourth-order valence-corrected chi connectivity index (χ4v) is 3.23. The van der Waals surface area contributed by atoms with Crippen molar-refractivity contribution in [3.05, 3.63) is 47.5 Å². The maximum Gasteiger partial charge on any atom is 0.339 e. The smallest absolute Gasteiger partial charge is 0.339 e. The molecule has 3 aromatic rings. The molecular weight excluding hydrogens is 336 g/mol. The second-order valence-electron chi connectivity index (χ2n) is 5.50. The van der Waals surface area contributed by atoms with E-state index < -0.39 is 11.9 Å². The molecule has 0 N–H and O–H groups in total. The second kappa shape index (κ2) is 6.92. The minimum absolute atomic E-state index is 0.0869. The van der Waals surface area contributed by atoms with Crippen LogP contribution in [0, 0.1) is 0 Å². The molecule has 26 heavy (non-hydrogen) atoms. The molecule has 0 aliphatic carbocycles. The minimum Gasteiger partial charge on any atom is -0.496 e. The van der Waals surface area contributed by atoms with Crippen molar-refractivity contribution in [3.8, 4) is 11.5 Å². The van der Waals surface area contributed by atoms with Gasteiger partial charge in [-0.1, -0.05) is 24.3 Å². The van der Waals surface area contributed by atoms with Crippen LogP contribution in [0.25, 0.3) is 21.5 Å². The van der Waals surface area contributed by atoms with E-state index >= 15 is 0 Å². The lowest BCUT2D eigenvalue weighted by Gasteiger charge is -2.18. The molecule has 0 saturated carbocycles. The van der Waals surface area contributed by atoms with Gasteiger partial charge in [0.25, 0.3) is 0 Å². The average Bonchev–Trinajstić information content (AvgIpc) is 2.70. The van der Waals surface area contributed by atoms with E-state index in [0.717, 1.165) is 10.8 Å². The number of esters is 2. The Morgan fingerprint density at radius 1 is 0.654 bits per heavy atom. The Kier molecular flexibility index (Phi) is 4.67. The Morgan fingerprint density at radius 2 is 1.04 bits per heavy atom. The van der Waals surface area contributed by atoms with E-state index in [4.69, 9.17) is 18.9 Å². The van der Waals surface area contributed by atoms with Crippen LogP contribution in [0.15, 0.2) is 36.4 Å². The van der Waals surface area contributed by atoms with E-state index in [0.29, 0.717) is 22.3 Å². The van der Waals surface area contributed by atoms with Crippen molar-refractivity contribution in [2.45, 2.75) is 0 Å². The Morgan fingerprint density at radius 3 is 1.35 bits per heavy atom. The minimum atomic E-state index is -0.660. The highest BCUT2D eigenvalue weighted by molar-refractivity contribution is 6.26. The number of benzene rings is 3. The molecule has 3 aromatic carbocycles. The molecule has 0 fully saturated rings. The van der Waals surface area contributed by atoms with Gasteiger partial charge in [0.1, 0.15) is 11.5 Å². The lowest BCUT2D eigenvalue weighted by Crippen LogP contribution is -2.14. The molecule has 0 bridgehead atoms. The van der Waals surface area contributed by atoms with Gasteiger partial charge in [-0.05, 0) is 22.9 Å². The van der Waals surface area contributed by atoms with Crippen molar-refractivity contribution in [2.75, 3.05) is 28.4 Å². The summed E-state index contributed by atoms with van der Waals surface area (Å²) >= 11 is 0. The van der Waals surface area contributed by atoms with Crippen LogP contribution in [0.2, 0.25) is 0 Å². The van der Waals surface area contributed by atoms with Crippen molar-refractivity contribution >= 4 is 33.5 Å². The first-order valence-corrected chi connectivity index (χ1v) is 7.85. The summed E-state index contributed by atoms with van der Waals surface area (Å²) in [6.45, 7) is 0. The van der Waals surface area contributed by atoms with Gasteiger partial charge in [-0.25, -0.2) is 9.59 Å². The lowest BCUT2D eigenvalue weighted by molar-refractivity contribution is 0.0558. The quantitative estimate of drug-likeness (QED) is 0.527. The summed E-state index contributed by atoms with van der Waals surface area (Å²) in [6.07, 6.45) is 0. The molecule has 0 radical (unpaired) electrons. The van der Waals surface area contributed by atoms with Crippen LogP contribution in [-0.4, -0.2) is 40.4 Å². The molecule has 6 heteroatoms. The van der Waals surface area contributed by atoms with Gasteiger partial charge in [0.05, 0.1) is 39.6 Å². The van der Waals surface area contributed by atoms with E-state index in [9.17, 15) is 9.59 Å². The van der Waals surface area contributed by atoms with Crippen LogP contribution < -0.4 is 9.47 Å². The fourth-order valence-electron chi connectivity index (χ4n) is 3.23. The monoisotopic (exact) mass is 354 g/mol. The van der Waals surface area contributed by atoms with Crippen molar-refractivity contribution in [1.29, 1.82) is 0 Å². The fraction of sp³-hybridized carbons (Fsp3) is 0.200. The topological polar surface area (TPSA) is 71.1 Å². The maximum absolute atomic E-state index is 12.7. The number of rotatable bonds is 4. The maximum atomic E-state index is 12.7. The van der Waals surface area contributed by atoms with Crippen molar-refractivity contribution in [3.63, 3.8) is 0 Å². The summed E-state index contributed by atoms with van der Waals surface area (Å²) in [4.78, 5) is 25.3. The zero-order chi connectivity index (χ0) is 18.8. The Hall–Kier alpha value is -3.28. The highest BCUT2D eigenvalue weighted by Gasteiger charge is 2.29. The summed E-state index contributed by atoms with van der Waals surface area (Å²) in [7, 11) is 5.53. The molecule has 0 aromatic heterocycles. The zero-order valence-corrected chi connectivity index (χ0v) is 14.9. The molecule has 0 saturated heterocycles. The van der Waals surface area contributed by atoms with Crippen LogP contribution in [0.3, 0.4) is 0 Å². The van der Waals surface area contributed by atoms with E-state index in [-0.39, 0.29) is 11.1 Å². The number of carbonyl (C=O) groups excluding carboxylic acids is 2. The summed E-state index contributed by atoms with van der Waals surface area (Å²) in [5.74, 6) is -0.407. The number of carbonyl (C=O) groups is 2. The molecule has 0 amide bonds. The molecule has 0 heterocycles. The third-order valence-electron chi connectivity index (χ3n) is 4.31. The van der Waals surface area contributed by atoms with Gasteiger partial charge in [0.2, 0.25) is 0 Å². The molecule has 0 spiro atoms. The Labute approximate surface area is 150 Å². The van der Waals surface area contributed by atoms with Crippen LogP contribution in [0.5, 0.6) is 11.5 Å². The number of hydrogen-bond donors (Lipinski definition) is 0. The molecule has 0 aliphatic rings. The molecule has 134 valence electrons. The molecule has 0 unspecified atom stereocenters. The standard InChI is InChI=1S/C20H18O6/c1-23-13-9-5-7-11-12-8-6-10-14(24-2)16(12)18(20(22)26-4)17(15(11)13)19(21)25-3/h5-10H,1-4H3. The van der Waals surface area contributed by atoms with E-state index in [1.165, 1.54) is 28.4 Å². The first-order valence-electron chi connectivity index (χ1n) is 7.85. The van der Waals surface area contributed by atoms with E-state index in [1.807, 2.05) is 24.3 Å². The van der Waals surface area contributed by atoms with Gasteiger partial charge >= 0.3 is 11.9 Å². The van der Waals surface area contributed by atoms with Crippen molar-refractivity contribution in [2.24, 2.45) is 0 Å². The van der Waals surface area contributed by atoms with Gasteiger partial charge in [-0.3, -0.25) is 0 Å². The largest absolute Gasteiger partial charge is 0.496 e. The third-order valence-corrected chi connectivity index (χ3v) is 4.31. The molecule has 0 aliphatic heterocycles. The Bertz CT molecular complexity index is 939. The van der Waals surface area contributed by atoms with Crippen LogP contribution in [0.1, 0.15) is 20.7 Å². The molecular formula is C20H18O6. The van der Waals surface area contributed by atoms with Crippen LogP contribution in [-0.2, 0) is 9.47 Å². The molecule has 6 nitrogen and oxygen atoms in total. The normalized spacial score (nSPS) is 10.6. The average molecular weight is 354 g/mol. The van der Waals surface area contributed by atoms with Gasteiger partial charge in [-0.2, -0.15) is 0 Å². The summed E-state index contributed by atoms with van der Waals surface area (Å²) in [5, 5.41) is 2.46. The SMILES string of the molecule is COC(=O)c1c(C(=O)OC)c2c(OC)cccc2c2cccc(OC)c12. The summed E-state index contributed by atoms with van der Waals surface area (Å²) in [6, 6.07) is 10.8. The summed E-state index contributed by atoms with van der Waals surface area (Å²) in [5.41, 5.74) is 0.174. The second-order valence-corrected chi connectivity index (χ2v) is 5.50. The first kappa shape index (κ1) is 17.5. The summed E-state index contributed by atoms with van der Waals surface area (Å²) < 4.78 is 20.8. The van der Waals surface area contributed by atoms with Crippen LogP contribution >= 0.6 is 0 Å². The number of fused-ring (bicyclic) bond motifs is 3. The Balaban J connectivity index is 2.71. The zero-order valence-electron chi connectivity index (χ0n) is 14.9. The van der Waals surface area contributed by atoms with Crippen molar-refractivity contribution in [1.82, 2.24) is 0 Å². The van der Waals surface area contributed by atoms with Gasteiger partial charge in [-0.15, -0.1) is 0 Å². The lowest BCUT2D eigenvalue weighted by atomic mass is 9.90. The number of hydrogen-bond acceptors (Lipinski definition) is 6. The van der Waals surface area contributed by atoms with Crippen LogP contribution in [0.4, 0.5) is 0 Å². The predicted octanol–water partition coefficient (Wildman–Crippen LogP) is 3.58.